The predicted octanol–water partition coefficient (Wildman–Crippen LogP) is 3.73. The Morgan fingerprint density at radius 1 is 1.29 bits per heavy atom. The Labute approximate surface area is 175 Å². The molecular weight excluding hydrogens is 421 g/mol. The summed E-state index contributed by atoms with van der Waals surface area (Å²) in [5.74, 6) is -4.69. The van der Waals surface area contributed by atoms with E-state index in [1.165, 1.54) is 10.7 Å². The normalized spacial score (nSPS) is 26.7. The number of nitrogens with two attached hydrogens (primary N) is 1. The van der Waals surface area contributed by atoms with Crippen LogP contribution < -0.4 is 11.1 Å². The van der Waals surface area contributed by atoms with E-state index < -0.39 is 41.9 Å². The average molecular weight is 445 g/mol. The van der Waals surface area contributed by atoms with E-state index in [0.717, 1.165) is 0 Å². The molecule has 4 atom stereocenters. The Morgan fingerprint density at radius 3 is 2.58 bits per heavy atom. The zero-order valence-corrected chi connectivity index (χ0v) is 16.9. The summed E-state index contributed by atoms with van der Waals surface area (Å²) in [6.45, 7) is 1.69. The van der Waals surface area contributed by atoms with Crippen LogP contribution in [0.3, 0.4) is 0 Å². The molecule has 2 aliphatic rings. The molecule has 170 valence electrons. The SMILES string of the molecule is CC(c1cnn2cc([C@@H](N)C3CCC(F)(F)CC3)nc2c1)C1C[C@@H](C(F)(F)F)NC1=O. The molecule has 31 heavy (non-hydrogen) atoms. The Balaban J connectivity index is 1.51. The zero-order valence-electron chi connectivity index (χ0n) is 16.9. The van der Waals surface area contributed by atoms with Crippen molar-refractivity contribution < 1.29 is 26.7 Å². The van der Waals surface area contributed by atoms with Crippen LogP contribution in [0.4, 0.5) is 22.0 Å². The highest BCUT2D eigenvalue weighted by Crippen LogP contribution is 2.41. The van der Waals surface area contributed by atoms with Crippen molar-refractivity contribution in [3.8, 4) is 0 Å². The van der Waals surface area contributed by atoms with E-state index in [1.807, 2.05) is 5.32 Å². The number of hydrogen-bond acceptors (Lipinski definition) is 4. The van der Waals surface area contributed by atoms with Crippen LogP contribution in [0.2, 0.25) is 0 Å². The lowest BCUT2D eigenvalue weighted by Gasteiger charge is -2.31. The third kappa shape index (κ3) is 4.37. The van der Waals surface area contributed by atoms with Gasteiger partial charge in [0, 0.05) is 18.8 Å². The monoisotopic (exact) mass is 445 g/mol. The second-order valence-corrected chi connectivity index (χ2v) is 8.71. The zero-order chi connectivity index (χ0) is 22.6. The fourth-order valence-electron chi connectivity index (χ4n) is 4.56. The summed E-state index contributed by atoms with van der Waals surface area (Å²) >= 11 is 0. The van der Waals surface area contributed by atoms with Crippen LogP contribution in [-0.4, -0.2) is 38.6 Å². The second kappa shape index (κ2) is 7.68. The van der Waals surface area contributed by atoms with E-state index in [-0.39, 0.29) is 25.2 Å². The van der Waals surface area contributed by atoms with Crippen molar-refractivity contribution in [2.75, 3.05) is 0 Å². The van der Waals surface area contributed by atoms with Gasteiger partial charge in [0.05, 0.1) is 24.1 Å². The number of nitrogens with one attached hydrogen (secondary N) is 1. The number of fused-ring (bicyclic) bond motifs is 1. The quantitative estimate of drug-likeness (QED) is 0.703. The van der Waals surface area contributed by atoms with Gasteiger partial charge in [-0.2, -0.15) is 18.3 Å². The maximum atomic E-state index is 13.4. The smallest absolute Gasteiger partial charge is 0.344 e. The van der Waals surface area contributed by atoms with Crippen molar-refractivity contribution in [1.82, 2.24) is 19.9 Å². The van der Waals surface area contributed by atoms with Gasteiger partial charge in [0.15, 0.2) is 5.65 Å². The molecule has 2 aromatic heterocycles. The summed E-state index contributed by atoms with van der Waals surface area (Å²) in [6.07, 6.45) is -1.42. The summed E-state index contributed by atoms with van der Waals surface area (Å²) in [6, 6.07) is -0.674. The minimum atomic E-state index is -4.48. The highest BCUT2D eigenvalue weighted by atomic mass is 19.4. The number of halogens is 5. The molecule has 1 aliphatic carbocycles. The fourth-order valence-corrected chi connectivity index (χ4v) is 4.56. The van der Waals surface area contributed by atoms with E-state index in [2.05, 4.69) is 10.1 Å². The first kappa shape index (κ1) is 21.9. The van der Waals surface area contributed by atoms with Gasteiger partial charge in [-0.05, 0) is 42.7 Å². The maximum absolute atomic E-state index is 13.4. The molecule has 3 heterocycles. The van der Waals surface area contributed by atoms with Crippen molar-refractivity contribution in [2.45, 2.75) is 69.1 Å². The molecule has 4 rings (SSSR count). The molecular formula is C20H24F5N5O. The summed E-state index contributed by atoms with van der Waals surface area (Å²) in [4.78, 5) is 16.6. The molecule has 3 N–H and O–H groups in total. The summed E-state index contributed by atoms with van der Waals surface area (Å²) in [5.41, 5.74) is 7.86. The van der Waals surface area contributed by atoms with Crippen molar-refractivity contribution in [3.05, 3.63) is 29.7 Å². The van der Waals surface area contributed by atoms with Crippen LogP contribution in [-0.2, 0) is 4.79 Å². The second-order valence-electron chi connectivity index (χ2n) is 8.71. The van der Waals surface area contributed by atoms with Crippen molar-refractivity contribution in [3.63, 3.8) is 0 Å². The number of hydrogen-bond donors (Lipinski definition) is 2. The Morgan fingerprint density at radius 2 is 1.97 bits per heavy atom. The lowest BCUT2D eigenvalue weighted by atomic mass is 9.81. The molecule has 0 bridgehead atoms. The van der Waals surface area contributed by atoms with Crippen LogP contribution in [0.1, 0.15) is 62.2 Å². The molecule has 0 spiro atoms. The summed E-state index contributed by atoms with van der Waals surface area (Å²) in [5, 5.41) is 6.28. The molecule has 11 heteroatoms. The van der Waals surface area contributed by atoms with Crippen LogP contribution in [0.15, 0.2) is 18.5 Å². The maximum Gasteiger partial charge on any atom is 0.408 e. The molecule has 0 aromatic carbocycles. The van der Waals surface area contributed by atoms with Gasteiger partial charge >= 0.3 is 6.18 Å². The number of imidazole rings is 1. The van der Waals surface area contributed by atoms with Gasteiger partial charge in [0.2, 0.25) is 11.8 Å². The molecule has 2 unspecified atom stereocenters. The minimum absolute atomic E-state index is 0.107. The topological polar surface area (TPSA) is 85.3 Å². The largest absolute Gasteiger partial charge is 0.408 e. The van der Waals surface area contributed by atoms with Gasteiger partial charge in [0.25, 0.3) is 0 Å². The molecule has 6 nitrogen and oxygen atoms in total. The van der Waals surface area contributed by atoms with Gasteiger partial charge in [-0.15, -0.1) is 0 Å². The molecule has 1 saturated heterocycles. The Hall–Kier alpha value is -2.30. The number of nitrogens with zero attached hydrogens (tertiary/aromatic N) is 3. The van der Waals surface area contributed by atoms with Gasteiger partial charge < -0.3 is 11.1 Å². The number of alkyl halides is 5. The van der Waals surface area contributed by atoms with Crippen LogP contribution in [0.25, 0.3) is 5.65 Å². The predicted molar refractivity (Wildman–Crippen MR) is 101 cm³/mol. The van der Waals surface area contributed by atoms with Crippen LogP contribution in [0.5, 0.6) is 0 Å². The number of carbonyl (C=O) groups is 1. The van der Waals surface area contributed by atoms with E-state index in [1.54, 1.807) is 19.2 Å². The first-order chi connectivity index (χ1) is 14.4. The molecule has 1 amide bonds. The molecule has 0 radical (unpaired) electrons. The third-order valence-electron chi connectivity index (χ3n) is 6.64. The van der Waals surface area contributed by atoms with Crippen LogP contribution >= 0.6 is 0 Å². The van der Waals surface area contributed by atoms with Crippen molar-refractivity contribution in [1.29, 1.82) is 0 Å². The summed E-state index contributed by atoms with van der Waals surface area (Å²) in [7, 11) is 0. The molecule has 1 aliphatic heterocycles. The highest BCUT2D eigenvalue weighted by molar-refractivity contribution is 5.82. The van der Waals surface area contributed by atoms with Crippen LogP contribution in [0, 0.1) is 11.8 Å². The number of amides is 1. The van der Waals surface area contributed by atoms with Crippen molar-refractivity contribution in [2.24, 2.45) is 17.6 Å². The van der Waals surface area contributed by atoms with E-state index in [9.17, 15) is 26.7 Å². The molecule has 2 fully saturated rings. The van der Waals surface area contributed by atoms with E-state index >= 15 is 0 Å². The standard InChI is InChI=1S/C20H24F5N5O/c1-10(13-7-15(20(23,24)25)29-18(13)31)12-6-16-28-14(9-30(16)27-8-12)17(26)11-2-4-19(21,22)5-3-11/h6,8-11,13,15,17H,2-5,7,26H2,1H3,(H,29,31)/t10?,13?,15-,17-/m0/s1. The summed E-state index contributed by atoms with van der Waals surface area (Å²) < 4.78 is 67.2. The first-order valence-corrected chi connectivity index (χ1v) is 10.3. The molecule has 1 saturated carbocycles. The number of carbonyl (C=O) groups excluding carboxylic acids is 1. The number of aromatic nitrogens is 3. The Bertz CT molecular complexity index is 965. The van der Waals surface area contributed by atoms with Gasteiger partial charge in [0.1, 0.15) is 6.04 Å². The van der Waals surface area contributed by atoms with Gasteiger partial charge in [-0.25, -0.2) is 18.3 Å². The first-order valence-electron chi connectivity index (χ1n) is 10.3. The average Bonchev–Trinajstić information content (AvgIpc) is 3.29. The Kier molecular flexibility index (Phi) is 5.43. The van der Waals surface area contributed by atoms with Gasteiger partial charge in [-0.1, -0.05) is 6.92 Å². The lowest BCUT2D eigenvalue weighted by Crippen LogP contribution is -2.38. The lowest BCUT2D eigenvalue weighted by molar-refractivity contribution is -0.155. The highest BCUT2D eigenvalue weighted by Gasteiger charge is 2.49. The fraction of sp³-hybridized carbons (Fsp3) is 0.650. The minimum Gasteiger partial charge on any atom is -0.344 e. The third-order valence-corrected chi connectivity index (χ3v) is 6.64. The van der Waals surface area contributed by atoms with E-state index in [0.29, 0.717) is 29.7 Å². The van der Waals surface area contributed by atoms with E-state index in [4.69, 9.17) is 5.73 Å². The van der Waals surface area contributed by atoms with Gasteiger partial charge in [-0.3, -0.25) is 4.79 Å². The molecule has 2 aromatic rings. The number of rotatable bonds is 4. The van der Waals surface area contributed by atoms with Crippen molar-refractivity contribution >= 4 is 11.6 Å².